The predicted molar refractivity (Wildman–Crippen MR) is 115 cm³/mol. The van der Waals surface area contributed by atoms with E-state index in [0.29, 0.717) is 17.1 Å². The third-order valence-electron chi connectivity index (χ3n) is 6.04. The molecule has 0 atom stereocenters. The van der Waals surface area contributed by atoms with Crippen LogP contribution in [0.5, 0.6) is 5.88 Å². The Morgan fingerprint density at radius 2 is 1.88 bits per heavy atom. The summed E-state index contributed by atoms with van der Waals surface area (Å²) in [4.78, 5) is 20.8. The van der Waals surface area contributed by atoms with E-state index in [1.165, 1.54) is 27.2 Å². The number of amides is 1. The molecule has 2 aliphatic carbocycles. The normalized spacial score (nSPS) is 16.4. The highest BCUT2D eigenvalue weighted by atomic mass is 35.5. The summed E-state index contributed by atoms with van der Waals surface area (Å²) in [5, 5.41) is 6.93. The van der Waals surface area contributed by atoms with E-state index in [9.17, 15) is 18.0 Å². The van der Waals surface area contributed by atoms with Crippen LogP contribution < -0.4 is 10.1 Å². The summed E-state index contributed by atoms with van der Waals surface area (Å²) in [5.74, 6) is 0.612. The summed E-state index contributed by atoms with van der Waals surface area (Å²) in [6, 6.07) is 2.54. The highest BCUT2D eigenvalue weighted by molar-refractivity contribution is 6.29. The number of ether oxygens (including phenoxy) is 1. The minimum Gasteiger partial charge on any atom is -0.391 e. The predicted octanol–water partition coefficient (Wildman–Crippen LogP) is 5.09. The second-order valence-electron chi connectivity index (χ2n) is 8.69. The van der Waals surface area contributed by atoms with Crippen LogP contribution in [0.2, 0.25) is 5.15 Å². The van der Waals surface area contributed by atoms with Crippen molar-refractivity contribution in [2.24, 2.45) is 0 Å². The molecule has 4 heterocycles. The SMILES string of the molecule is O=C(NCc1cn2cc(C3CC3)cc(C(F)(F)F)c2n1)Oc1cc(Cl)nc2c(C3CC3)cnn12. The molecule has 8 nitrogen and oxygen atoms in total. The van der Waals surface area contributed by atoms with Crippen LogP contribution in [-0.4, -0.2) is 30.1 Å². The smallest absolute Gasteiger partial charge is 0.391 e. The van der Waals surface area contributed by atoms with Crippen LogP contribution >= 0.6 is 11.6 Å². The van der Waals surface area contributed by atoms with Gasteiger partial charge in [0.2, 0.25) is 5.88 Å². The lowest BCUT2D eigenvalue weighted by Crippen LogP contribution is -2.27. The summed E-state index contributed by atoms with van der Waals surface area (Å²) in [5.41, 5.74) is 1.40. The third kappa shape index (κ3) is 3.93. The van der Waals surface area contributed by atoms with E-state index in [2.05, 4.69) is 20.4 Å². The van der Waals surface area contributed by atoms with Crippen molar-refractivity contribution in [2.45, 2.75) is 50.2 Å². The van der Waals surface area contributed by atoms with E-state index < -0.39 is 17.8 Å². The Hall–Kier alpha value is -3.34. The van der Waals surface area contributed by atoms with Crippen molar-refractivity contribution in [1.82, 2.24) is 29.3 Å². The minimum absolute atomic E-state index is 0.0860. The molecule has 4 aromatic heterocycles. The monoisotopic (exact) mass is 490 g/mol. The van der Waals surface area contributed by atoms with E-state index in [-0.39, 0.29) is 34.8 Å². The molecular weight excluding hydrogens is 473 g/mol. The molecule has 2 aliphatic rings. The summed E-state index contributed by atoms with van der Waals surface area (Å²) < 4.78 is 48.9. The number of hydrogen-bond acceptors (Lipinski definition) is 5. The lowest BCUT2D eigenvalue weighted by atomic mass is 10.1. The van der Waals surface area contributed by atoms with Gasteiger partial charge in [-0.1, -0.05) is 11.6 Å². The Morgan fingerprint density at radius 3 is 2.59 bits per heavy atom. The van der Waals surface area contributed by atoms with Gasteiger partial charge in [0.25, 0.3) is 0 Å². The minimum atomic E-state index is -4.53. The maximum atomic E-state index is 13.6. The van der Waals surface area contributed by atoms with Crippen molar-refractivity contribution in [3.05, 3.63) is 58.3 Å². The third-order valence-corrected chi connectivity index (χ3v) is 6.23. The van der Waals surface area contributed by atoms with Crippen LogP contribution in [0.4, 0.5) is 18.0 Å². The summed E-state index contributed by atoms with van der Waals surface area (Å²) in [7, 11) is 0. The first-order valence-electron chi connectivity index (χ1n) is 10.8. The van der Waals surface area contributed by atoms with Crippen molar-refractivity contribution in [3.63, 3.8) is 0 Å². The van der Waals surface area contributed by atoms with E-state index in [4.69, 9.17) is 16.3 Å². The summed E-state index contributed by atoms with van der Waals surface area (Å²) >= 11 is 6.10. The first-order chi connectivity index (χ1) is 16.3. The van der Waals surface area contributed by atoms with Gasteiger partial charge in [-0.05, 0) is 49.1 Å². The molecule has 6 rings (SSSR count). The highest BCUT2D eigenvalue weighted by Gasteiger charge is 2.36. The average molecular weight is 491 g/mol. The molecule has 34 heavy (non-hydrogen) atoms. The molecule has 0 bridgehead atoms. The standard InChI is InChI=1S/C22H18ClF3N6O2/c23-17-6-18(32-19(30-17)15(8-28-32)12-3-4-12)34-21(33)27-7-14-10-31-9-13(11-1-2-11)5-16(20(31)29-14)22(24,25)26/h5-6,8-12H,1-4,7H2,(H,27,33). The van der Waals surface area contributed by atoms with Crippen LogP contribution in [0.15, 0.2) is 30.7 Å². The molecule has 176 valence electrons. The number of carbonyl (C=O) groups excluding carboxylic acids is 1. The zero-order valence-corrected chi connectivity index (χ0v) is 18.4. The Balaban J connectivity index is 1.21. The second-order valence-corrected chi connectivity index (χ2v) is 9.08. The van der Waals surface area contributed by atoms with Crippen molar-refractivity contribution in [1.29, 1.82) is 0 Å². The molecule has 2 fully saturated rings. The lowest BCUT2D eigenvalue weighted by Gasteiger charge is -2.10. The fraction of sp³-hybridized carbons (Fsp3) is 0.364. The number of pyridine rings is 1. The van der Waals surface area contributed by atoms with Crippen molar-refractivity contribution < 1.29 is 22.7 Å². The second kappa shape index (κ2) is 7.59. The van der Waals surface area contributed by atoms with Crippen LogP contribution in [-0.2, 0) is 12.7 Å². The Bertz CT molecular complexity index is 1440. The van der Waals surface area contributed by atoms with Gasteiger partial charge >= 0.3 is 12.3 Å². The van der Waals surface area contributed by atoms with Crippen molar-refractivity contribution in [2.75, 3.05) is 0 Å². The van der Waals surface area contributed by atoms with Gasteiger partial charge in [0.1, 0.15) is 10.8 Å². The molecule has 1 N–H and O–H groups in total. The first kappa shape index (κ1) is 21.2. The largest absolute Gasteiger partial charge is 0.419 e. The molecule has 0 saturated heterocycles. The molecule has 12 heteroatoms. The van der Waals surface area contributed by atoms with Gasteiger partial charge in [0, 0.05) is 24.0 Å². The van der Waals surface area contributed by atoms with Crippen LogP contribution in [0.3, 0.4) is 0 Å². The van der Waals surface area contributed by atoms with Gasteiger partial charge < -0.3 is 14.5 Å². The number of halogens is 4. The van der Waals surface area contributed by atoms with Crippen molar-refractivity contribution in [3.8, 4) is 5.88 Å². The lowest BCUT2D eigenvalue weighted by molar-refractivity contribution is -0.136. The Labute approximate surface area is 195 Å². The van der Waals surface area contributed by atoms with Crippen molar-refractivity contribution >= 4 is 29.0 Å². The number of alkyl halides is 3. The maximum Gasteiger partial charge on any atom is 0.419 e. The molecule has 0 unspecified atom stereocenters. The number of carbonyl (C=O) groups is 1. The van der Waals surface area contributed by atoms with E-state index in [0.717, 1.165) is 31.2 Å². The molecule has 4 aromatic rings. The van der Waals surface area contributed by atoms with Crippen LogP contribution in [0.25, 0.3) is 11.3 Å². The molecule has 2 saturated carbocycles. The van der Waals surface area contributed by atoms with Gasteiger partial charge in [0.05, 0.1) is 24.0 Å². The summed E-state index contributed by atoms with van der Waals surface area (Å²) in [6.45, 7) is -0.120. The van der Waals surface area contributed by atoms with E-state index in [1.54, 1.807) is 12.4 Å². The molecule has 0 radical (unpaired) electrons. The Morgan fingerprint density at radius 1 is 1.12 bits per heavy atom. The van der Waals surface area contributed by atoms with Gasteiger partial charge in [-0.2, -0.15) is 22.8 Å². The van der Waals surface area contributed by atoms with Gasteiger partial charge in [-0.3, -0.25) is 0 Å². The first-order valence-corrected chi connectivity index (χ1v) is 11.2. The van der Waals surface area contributed by atoms with Crippen LogP contribution in [0, 0.1) is 0 Å². The number of fused-ring (bicyclic) bond motifs is 2. The highest BCUT2D eigenvalue weighted by Crippen LogP contribution is 2.43. The van der Waals surface area contributed by atoms with Gasteiger partial charge in [0.15, 0.2) is 5.65 Å². The average Bonchev–Trinajstić information content (AvgIpc) is 3.70. The number of aromatic nitrogens is 5. The number of nitrogens with zero attached hydrogens (tertiary/aromatic N) is 5. The fourth-order valence-electron chi connectivity index (χ4n) is 4.08. The fourth-order valence-corrected chi connectivity index (χ4v) is 4.25. The van der Waals surface area contributed by atoms with Gasteiger partial charge in [-0.15, -0.1) is 0 Å². The molecule has 0 aliphatic heterocycles. The topological polar surface area (TPSA) is 85.8 Å². The zero-order valence-electron chi connectivity index (χ0n) is 17.6. The quantitative estimate of drug-likeness (QED) is 0.394. The number of nitrogens with one attached hydrogen (secondary N) is 1. The molecule has 0 aromatic carbocycles. The number of hydrogen-bond donors (Lipinski definition) is 1. The summed E-state index contributed by atoms with van der Waals surface area (Å²) in [6.07, 6.45) is 3.33. The molecular formula is C22H18ClF3N6O2. The van der Waals surface area contributed by atoms with E-state index >= 15 is 0 Å². The zero-order chi connectivity index (χ0) is 23.6. The van der Waals surface area contributed by atoms with Crippen LogP contribution in [0.1, 0.15) is 59.9 Å². The molecule has 0 spiro atoms. The molecule has 1 amide bonds. The maximum absolute atomic E-state index is 13.6. The Kier molecular flexibility index (Phi) is 4.73. The van der Waals surface area contributed by atoms with E-state index in [1.807, 2.05) is 0 Å². The number of imidazole rings is 1. The van der Waals surface area contributed by atoms with Gasteiger partial charge in [-0.25, -0.2) is 14.8 Å². The number of rotatable bonds is 5.